The van der Waals surface area contributed by atoms with Gasteiger partial charge in [-0.25, -0.2) is 0 Å². The van der Waals surface area contributed by atoms with Gasteiger partial charge in [0.15, 0.2) is 0 Å². The summed E-state index contributed by atoms with van der Waals surface area (Å²) in [7, 11) is 0. The lowest BCUT2D eigenvalue weighted by Gasteiger charge is -2.39. The van der Waals surface area contributed by atoms with Crippen molar-refractivity contribution in [3.63, 3.8) is 0 Å². The summed E-state index contributed by atoms with van der Waals surface area (Å²) in [6.07, 6.45) is 9.32. The monoisotopic (exact) mass is 271 g/mol. The molecule has 0 N–H and O–H groups in total. The number of hydrogen-bond donors (Lipinski definition) is 0. The number of rotatable bonds is 3. The Labute approximate surface area is 120 Å². The van der Waals surface area contributed by atoms with Gasteiger partial charge in [0.25, 0.3) is 0 Å². The van der Waals surface area contributed by atoms with E-state index < -0.39 is 0 Å². The number of carbonyl (C=O) groups excluding carboxylic acids is 1. The molecular formula is C17H21NO2. The largest absolute Gasteiger partial charge is 0.494 e. The van der Waals surface area contributed by atoms with Crippen LogP contribution in [0.3, 0.4) is 0 Å². The van der Waals surface area contributed by atoms with Crippen molar-refractivity contribution < 1.29 is 9.53 Å². The third kappa shape index (κ3) is 2.08. The molecule has 0 saturated heterocycles. The van der Waals surface area contributed by atoms with Gasteiger partial charge in [-0.15, -0.1) is 0 Å². The van der Waals surface area contributed by atoms with Gasteiger partial charge in [0.05, 0.1) is 23.3 Å². The highest BCUT2D eigenvalue weighted by molar-refractivity contribution is 5.93. The maximum absolute atomic E-state index is 12.1. The molecular weight excluding hydrogens is 250 g/mol. The standard InChI is InChI=1S/C17H21NO2/c1-17-10-9-15-13(14(17)7-8-16(17)19)6-5-12(20-15)4-2-3-11-18/h7,12H,2-6,8-10H2,1H3/t12-,17-/m0/s1. The first kappa shape index (κ1) is 13.4. The molecule has 0 aromatic heterocycles. The fourth-order valence-corrected chi connectivity index (χ4v) is 3.77. The summed E-state index contributed by atoms with van der Waals surface area (Å²) in [5.74, 6) is 1.49. The van der Waals surface area contributed by atoms with Crippen molar-refractivity contribution in [2.45, 2.75) is 64.4 Å². The first-order valence-electron chi connectivity index (χ1n) is 7.65. The van der Waals surface area contributed by atoms with E-state index in [0.717, 1.165) is 44.3 Å². The third-order valence-electron chi connectivity index (χ3n) is 5.06. The van der Waals surface area contributed by atoms with Crippen LogP contribution in [0.25, 0.3) is 0 Å². The lowest BCUT2D eigenvalue weighted by Crippen LogP contribution is -2.33. The molecule has 0 bridgehead atoms. The van der Waals surface area contributed by atoms with Crippen molar-refractivity contribution in [2.24, 2.45) is 5.41 Å². The second-order valence-corrected chi connectivity index (χ2v) is 6.31. The van der Waals surface area contributed by atoms with Gasteiger partial charge in [-0.3, -0.25) is 4.79 Å². The van der Waals surface area contributed by atoms with Crippen molar-refractivity contribution >= 4 is 5.78 Å². The van der Waals surface area contributed by atoms with E-state index in [9.17, 15) is 4.79 Å². The third-order valence-corrected chi connectivity index (χ3v) is 5.06. The van der Waals surface area contributed by atoms with Crippen LogP contribution in [-0.2, 0) is 9.53 Å². The van der Waals surface area contributed by atoms with Gasteiger partial charge in [0.2, 0.25) is 0 Å². The Kier molecular flexibility index (Phi) is 3.41. The summed E-state index contributed by atoms with van der Waals surface area (Å²) in [4.78, 5) is 12.1. The average molecular weight is 271 g/mol. The quantitative estimate of drug-likeness (QED) is 0.733. The maximum atomic E-state index is 12.1. The molecule has 3 heteroatoms. The predicted octanol–water partition coefficient (Wildman–Crippen LogP) is 3.81. The number of nitriles is 1. The van der Waals surface area contributed by atoms with E-state index in [0.29, 0.717) is 18.6 Å². The van der Waals surface area contributed by atoms with Gasteiger partial charge >= 0.3 is 0 Å². The van der Waals surface area contributed by atoms with Crippen molar-refractivity contribution in [1.82, 2.24) is 0 Å². The number of unbranched alkanes of at least 4 members (excludes halogenated alkanes) is 1. The van der Waals surface area contributed by atoms with Crippen LogP contribution < -0.4 is 0 Å². The van der Waals surface area contributed by atoms with Crippen molar-refractivity contribution in [2.75, 3.05) is 0 Å². The Morgan fingerprint density at radius 3 is 3.15 bits per heavy atom. The van der Waals surface area contributed by atoms with Gasteiger partial charge in [0.1, 0.15) is 5.78 Å². The summed E-state index contributed by atoms with van der Waals surface area (Å²) < 4.78 is 6.14. The molecule has 0 radical (unpaired) electrons. The van der Waals surface area contributed by atoms with Crippen LogP contribution in [0.5, 0.6) is 0 Å². The number of allylic oxidation sites excluding steroid dienone is 4. The second-order valence-electron chi connectivity index (χ2n) is 6.31. The van der Waals surface area contributed by atoms with Gasteiger partial charge in [-0.2, -0.15) is 5.26 Å². The number of fused-ring (bicyclic) bond motifs is 2. The molecule has 2 aliphatic carbocycles. The fourth-order valence-electron chi connectivity index (χ4n) is 3.77. The first-order chi connectivity index (χ1) is 9.65. The maximum Gasteiger partial charge on any atom is 0.146 e. The molecule has 3 aliphatic rings. The molecule has 0 saturated carbocycles. The molecule has 0 aromatic carbocycles. The lowest BCUT2D eigenvalue weighted by molar-refractivity contribution is -0.124. The fraction of sp³-hybridized carbons (Fsp3) is 0.647. The van der Waals surface area contributed by atoms with E-state index in [1.54, 1.807) is 0 Å². The summed E-state index contributed by atoms with van der Waals surface area (Å²) in [5.41, 5.74) is 2.32. The van der Waals surface area contributed by atoms with E-state index in [1.807, 2.05) is 0 Å². The summed E-state index contributed by atoms with van der Waals surface area (Å²) in [5, 5.41) is 8.60. The summed E-state index contributed by atoms with van der Waals surface area (Å²) in [6, 6.07) is 2.19. The van der Waals surface area contributed by atoms with Gasteiger partial charge < -0.3 is 4.74 Å². The van der Waals surface area contributed by atoms with Crippen LogP contribution in [0, 0.1) is 16.7 Å². The molecule has 0 aromatic rings. The van der Waals surface area contributed by atoms with E-state index in [2.05, 4.69) is 19.1 Å². The Morgan fingerprint density at radius 1 is 1.50 bits per heavy atom. The number of ether oxygens (including phenoxy) is 1. The van der Waals surface area contributed by atoms with Gasteiger partial charge in [0, 0.05) is 19.3 Å². The Bertz CT molecular complexity index is 538. The van der Waals surface area contributed by atoms with Gasteiger partial charge in [-0.1, -0.05) is 6.08 Å². The zero-order valence-corrected chi connectivity index (χ0v) is 12.1. The Morgan fingerprint density at radius 2 is 2.35 bits per heavy atom. The molecule has 3 nitrogen and oxygen atoms in total. The molecule has 2 atom stereocenters. The number of ketones is 1. The normalized spacial score (nSPS) is 32.1. The average Bonchev–Trinajstić information content (AvgIpc) is 2.75. The highest BCUT2D eigenvalue weighted by Gasteiger charge is 2.46. The highest BCUT2D eigenvalue weighted by Crippen LogP contribution is 2.51. The van der Waals surface area contributed by atoms with Crippen LogP contribution >= 0.6 is 0 Å². The molecule has 0 unspecified atom stereocenters. The zero-order chi connectivity index (χ0) is 14.2. The first-order valence-corrected chi connectivity index (χ1v) is 7.65. The Hall–Kier alpha value is -1.56. The van der Waals surface area contributed by atoms with Crippen LogP contribution in [0.15, 0.2) is 23.0 Å². The van der Waals surface area contributed by atoms with Crippen molar-refractivity contribution in [3.8, 4) is 6.07 Å². The molecule has 1 heterocycles. The smallest absolute Gasteiger partial charge is 0.146 e. The topological polar surface area (TPSA) is 50.1 Å². The van der Waals surface area contributed by atoms with Gasteiger partial charge in [-0.05, 0) is 50.2 Å². The van der Waals surface area contributed by atoms with Crippen LogP contribution in [0.1, 0.15) is 58.3 Å². The van der Waals surface area contributed by atoms with Crippen LogP contribution in [-0.4, -0.2) is 11.9 Å². The highest BCUT2D eigenvalue weighted by atomic mass is 16.5. The van der Waals surface area contributed by atoms with Crippen LogP contribution in [0.4, 0.5) is 0 Å². The van der Waals surface area contributed by atoms with E-state index >= 15 is 0 Å². The minimum absolute atomic E-state index is 0.240. The summed E-state index contributed by atoms with van der Waals surface area (Å²) in [6.45, 7) is 2.09. The van der Waals surface area contributed by atoms with E-state index in [4.69, 9.17) is 10.00 Å². The van der Waals surface area contributed by atoms with E-state index in [-0.39, 0.29) is 11.5 Å². The van der Waals surface area contributed by atoms with Crippen molar-refractivity contribution in [3.05, 3.63) is 23.0 Å². The number of carbonyl (C=O) groups is 1. The molecule has 20 heavy (non-hydrogen) atoms. The number of Topliss-reactive ketones (excluding diaryl/α,β-unsaturated/α-hetero) is 1. The minimum Gasteiger partial charge on any atom is -0.494 e. The number of nitrogens with zero attached hydrogens (tertiary/aromatic N) is 1. The van der Waals surface area contributed by atoms with E-state index in [1.165, 1.54) is 11.1 Å². The molecule has 3 rings (SSSR count). The molecule has 106 valence electrons. The molecule has 0 amide bonds. The second kappa shape index (κ2) is 5.09. The number of hydrogen-bond acceptors (Lipinski definition) is 3. The molecule has 1 aliphatic heterocycles. The molecule has 0 fully saturated rings. The zero-order valence-electron chi connectivity index (χ0n) is 12.1. The summed E-state index contributed by atoms with van der Waals surface area (Å²) >= 11 is 0. The Balaban J connectivity index is 1.74. The SMILES string of the molecule is C[C@]12CCC3=C(CC[C@H](CCCC#N)O3)C1=CCC2=O. The van der Waals surface area contributed by atoms with Crippen LogP contribution in [0.2, 0.25) is 0 Å². The molecule has 0 spiro atoms. The predicted molar refractivity (Wildman–Crippen MR) is 75.6 cm³/mol. The van der Waals surface area contributed by atoms with Crippen molar-refractivity contribution in [1.29, 1.82) is 5.26 Å². The minimum atomic E-state index is -0.240. The lowest BCUT2D eigenvalue weighted by atomic mass is 9.70.